The van der Waals surface area contributed by atoms with E-state index in [1.54, 1.807) is 0 Å². The molecule has 1 rings (SSSR count). The molecule has 1 aliphatic rings. The second-order valence-corrected chi connectivity index (χ2v) is 4.02. The van der Waals surface area contributed by atoms with Gasteiger partial charge in [-0.3, -0.25) is 0 Å². The van der Waals surface area contributed by atoms with Crippen molar-refractivity contribution in [1.82, 2.24) is 0 Å². The minimum absolute atomic E-state index is 0.453. The summed E-state index contributed by atoms with van der Waals surface area (Å²) in [6.07, 6.45) is 1.30. The summed E-state index contributed by atoms with van der Waals surface area (Å²) in [5.74, 6) is 0.819. The molecule has 1 aliphatic carbocycles. The molecule has 0 radical (unpaired) electrons. The van der Waals surface area contributed by atoms with E-state index in [0.717, 1.165) is 5.88 Å². The highest BCUT2D eigenvalue weighted by Crippen LogP contribution is 2.63. The van der Waals surface area contributed by atoms with E-state index < -0.39 is 0 Å². The van der Waals surface area contributed by atoms with Crippen LogP contribution in [0, 0.1) is 10.8 Å². The van der Waals surface area contributed by atoms with Crippen LogP contribution in [-0.4, -0.2) is 5.88 Å². The minimum atomic E-state index is 0.453. The van der Waals surface area contributed by atoms with Crippen LogP contribution in [0.3, 0.4) is 0 Å². The lowest BCUT2D eigenvalue weighted by Crippen LogP contribution is -2.04. The van der Waals surface area contributed by atoms with E-state index in [1.165, 1.54) is 6.42 Å². The molecule has 48 valence electrons. The first-order valence-electron chi connectivity index (χ1n) is 3.08. The van der Waals surface area contributed by atoms with Crippen LogP contribution >= 0.6 is 11.6 Å². The molecule has 1 saturated carbocycles. The monoisotopic (exact) mass is 132 g/mol. The molecule has 1 atom stereocenters. The van der Waals surface area contributed by atoms with Crippen LogP contribution in [0.15, 0.2) is 0 Å². The van der Waals surface area contributed by atoms with Crippen molar-refractivity contribution < 1.29 is 0 Å². The lowest BCUT2D eigenvalue weighted by Gasteiger charge is -2.08. The smallest absolute Gasteiger partial charge is 0.0282 e. The van der Waals surface area contributed by atoms with E-state index in [0.29, 0.717) is 10.8 Å². The van der Waals surface area contributed by atoms with E-state index in [2.05, 4.69) is 20.8 Å². The first-order valence-corrected chi connectivity index (χ1v) is 3.61. The highest BCUT2D eigenvalue weighted by Gasteiger charge is 2.56. The third-order valence-electron chi connectivity index (χ3n) is 2.64. The van der Waals surface area contributed by atoms with Crippen molar-refractivity contribution in [2.45, 2.75) is 27.2 Å². The first-order chi connectivity index (χ1) is 3.52. The van der Waals surface area contributed by atoms with Crippen molar-refractivity contribution in [3.8, 4) is 0 Å². The fourth-order valence-electron chi connectivity index (χ4n) is 1.16. The molecule has 0 heterocycles. The Kier molecular flexibility index (Phi) is 1.13. The maximum atomic E-state index is 5.72. The van der Waals surface area contributed by atoms with E-state index in [9.17, 15) is 0 Å². The zero-order valence-corrected chi connectivity index (χ0v) is 6.55. The molecule has 0 aromatic heterocycles. The van der Waals surface area contributed by atoms with Crippen molar-refractivity contribution in [1.29, 1.82) is 0 Å². The van der Waals surface area contributed by atoms with Crippen LogP contribution in [0.2, 0.25) is 0 Å². The summed E-state index contributed by atoms with van der Waals surface area (Å²) in [7, 11) is 0. The second-order valence-electron chi connectivity index (χ2n) is 3.75. The Morgan fingerprint density at radius 3 is 1.75 bits per heavy atom. The molecule has 0 amide bonds. The summed E-state index contributed by atoms with van der Waals surface area (Å²) in [6, 6.07) is 0. The lowest BCUT2D eigenvalue weighted by atomic mass is 10.0. The van der Waals surface area contributed by atoms with Gasteiger partial charge in [0.15, 0.2) is 0 Å². The molecule has 0 spiro atoms. The average molecular weight is 133 g/mol. The summed E-state index contributed by atoms with van der Waals surface area (Å²) >= 11 is 5.72. The third-order valence-corrected chi connectivity index (χ3v) is 3.23. The summed E-state index contributed by atoms with van der Waals surface area (Å²) in [6.45, 7) is 6.80. The van der Waals surface area contributed by atoms with Gasteiger partial charge in [-0.1, -0.05) is 20.8 Å². The molecule has 0 saturated heterocycles. The van der Waals surface area contributed by atoms with Gasteiger partial charge in [0, 0.05) is 5.88 Å². The van der Waals surface area contributed by atoms with Crippen molar-refractivity contribution >= 4 is 11.6 Å². The molecule has 0 bridgehead atoms. The molecule has 0 aromatic rings. The summed E-state index contributed by atoms with van der Waals surface area (Å²) in [4.78, 5) is 0. The van der Waals surface area contributed by atoms with Gasteiger partial charge < -0.3 is 0 Å². The lowest BCUT2D eigenvalue weighted by molar-refractivity contribution is 0.462. The van der Waals surface area contributed by atoms with E-state index >= 15 is 0 Å². The molecule has 1 fully saturated rings. The van der Waals surface area contributed by atoms with Crippen molar-refractivity contribution in [3.63, 3.8) is 0 Å². The van der Waals surface area contributed by atoms with Crippen molar-refractivity contribution in [2.75, 3.05) is 5.88 Å². The quantitative estimate of drug-likeness (QED) is 0.482. The minimum Gasteiger partial charge on any atom is -0.126 e. The SMILES string of the molecule is CC1(C)CC1(C)CCl. The number of hydrogen-bond acceptors (Lipinski definition) is 0. The van der Waals surface area contributed by atoms with Crippen LogP contribution in [0.5, 0.6) is 0 Å². The van der Waals surface area contributed by atoms with Crippen LogP contribution in [0.1, 0.15) is 27.2 Å². The summed E-state index contributed by atoms with van der Waals surface area (Å²) in [5, 5.41) is 0. The first kappa shape index (κ1) is 6.41. The largest absolute Gasteiger partial charge is 0.126 e. The summed E-state index contributed by atoms with van der Waals surface area (Å²) < 4.78 is 0. The fraction of sp³-hybridized carbons (Fsp3) is 1.00. The van der Waals surface area contributed by atoms with E-state index in [1.807, 2.05) is 0 Å². The Bertz CT molecular complexity index is 107. The van der Waals surface area contributed by atoms with E-state index in [4.69, 9.17) is 11.6 Å². The number of rotatable bonds is 1. The van der Waals surface area contributed by atoms with Gasteiger partial charge in [-0.25, -0.2) is 0 Å². The Balaban J connectivity index is 2.55. The average Bonchev–Trinajstić information content (AvgIpc) is 2.10. The highest BCUT2D eigenvalue weighted by atomic mass is 35.5. The molecule has 1 heteroatoms. The molecule has 0 N–H and O–H groups in total. The Hall–Kier alpha value is 0.290. The van der Waals surface area contributed by atoms with Crippen molar-refractivity contribution in [3.05, 3.63) is 0 Å². The van der Waals surface area contributed by atoms with Gasteiger partial charge >= 0.3 is 0 Å². The normalized spacial score (nSPS) is 42.0. The van der Waals surface area contributed by atoms with Crippen LogP contribution in [0.4, 0.5) is 0 Å². The molecular formula is C7H13Cl. The Labute approximate surface area is 56.2 Å². The Morgan fingerprint density at radius 2 is 1.75 bits per heavy atom. The maximum absolute atomic E-state index is 5.72. The van der Waals surface area contributed by atoms with Crippen molar-refractivity contribution in [2.24, 2.45) is 10.8 Å². The van der Waals surface area contributed by atoms with E-state index in [-0.39, 0.29) is 0 Å². The van der Waals surface area contributed by atoms with Crippen LogP contribution in [0.25, 0.3) is 0 Å². The summed E-state index contributed by atoms with van der Waals surface area (Å²) in [5.41, 5.74) is 0.976. The number of halogens is 1. The highest BCUT2D eigenvalue weighted by molar-refractivity contribution is 6.18. The maximum Gasteiger partial charge on any atom is 0.0282 e. The Morgan fingerprint density at radius 1 is 1.38 bits per heavy atom. The van der Waals surface area contributed by atoms with Gasteiger partial charge in [-0.15, -0.1) is 11.6 Å². The van der Waals surface area contributed by atoms with Crippen LogP contribution in [-0.2, 0) is 0 Å². The fourth-order valence-corrected chi connectivity index (χ4v) is 1.62. The number of alkyl halides is 1. The van der Waals surface area contributed by atoms with Gasteiger partial charge in [0.25, 0.3) is 0 Å². The topological polar surface area (TPSA) is 0 Å². The predicted octanol–water partition coefficient (Wildman–Crippen LogP) is 2.66. The molecular weight excluding hydrogens is 120 g/mol. The third kappa shape index (κ3) is 0.663. The molecule has 0 aliphatic heterocycles. The van der Waals surface area contributed by atoms with Gasteiger partial charge in [-0.05, 0) is 17.3 Å². The van der Waals surface area contributed by atoms with Gasteiger partial charge in [0.05, 0.1) is 0 Å². The van der Waals surface area contributed by atoms with Gasteiger partial charge in [0.2, 0.25) is 0 Å². The molecule has 1 unspecified atom stereocenters. The van der Waals surface area contributed by atoms with Gasteiger partial charge in [0.1, 0.15) is 0 Å². The second kappa shape index (κ2) is 1.41. The predicted molar refractivity (Wildman–Crippen MR) is 37.2 cm³/mol. The van der Waals surface area contributed by atoms with Crippen LogP contribution < -0.4 is 0 Å². The zero-order chi connectivity index (χ0) is 6.41. The molecule has 0 aromatic carbocycles. The zero-order valence-electron chi connectivity index (χ0n) is 5.79. The number of hydrogen-bond donors (Lipinski definition) is 0. The standard InChI is InChI=1S/C7H13Cl/c1-6(2)4-7(6,3)5-8/h4-5H2,1-3H3. The molecule has 8 heavy (non-hydrogen) atoms. The van der Waals surface area contributed by atoms with Gasteiger partial charge in [-0.2, -0.15) is 0 Å². The molecule has 0 nitrogen and oxygen atoms in total.